The molecule has 0 aliphatic heterocycles. The van der Waals surface area contributed by atoms with E-state index in [1.165, 1.54) is 83.5 Å². The van der Waals surface area contributed by atoms with Crippen molar-refractivity contribution in [2.75, 3.05) is 0 Å². The third-order valence-electron chi connectivity index (χ3n) is 3.99. The molecular formula is C18H36Fe2O2Zn2. The Morgan fingerprint density at radius 2 is 0.833 bits per heavy atom. The van der Waals surface area contributed by atoms with Gasteiger partial charge < -0.3 is 5.11 Å². The number of aliphatic carboxylic acids is 1. The first-order valence-corrected chi connectivity index (χ1v) is 8.99. The first-order valence-electron chi connectivity index (χ1n) is 8.99. The molecule has 0 aliphatic carbocycles. The molecule has 0 aliphatic rings. The Kier molecular flexibility index (Phi) is 49.5. The van der Waals surface area contributed by atoms with E-state index in [1.54, 1.807) is 0 Å². The summed E-state index contributed by atoms with van der Waals surface area (Å²) in [5.74, 6) is -0.653. The largest absolute Gasteiger partial charge is 0.481 e. The van der Waals surface area contributed by atoms with Crippen LogP contribution in [0.2, 0.25) is 0 Å². The Labute approximate surface area is 197 Å². The summed E-state index contributed by atoms with van der Waals surface area (Å²) in [6, 6.07) is 0. The topological polar surface area (TPSA) is 37.3 Å². The summed E-state index contributed by atoms with van der Waals surface area (Å²) in [5.41, 5.74) is 0. The second kappa shape index (κ2) is 32.4. The van der Waals surface area contributed by atoms with Crippen molar-refractivity contribution in [2.24, 2.45) is 0 Å². The minimum atomic E-state index is -0.653. The summed E-state index contributed by atoms with van der Waals surface area (Å²) in [7, 11) is 0. The van der Waals surface area contributed by atoms with Crippen LogP contribution < -0.4 is 0 Å². The van der Waals surface area contributed by atoms with Crippen LogP contribution in [0.4, 0.5) is 0 Å². The fraction of sp³-hybridized carbons (Fsp3) is 0.944. The quantitative estimate of drug-likeness (QED) is 0.189. The van der Waals surface area contributed by atoms with Crippen LogP contribution in [0.25, 0.3) is 0 Å². The van der Waals surface area contributed by atoms with Crippen LogP contribution in [0.5, 0.6) is 0 Å². The minimum absolute atomic E-state index is 0. The monoisotopic (exact) mass is 524 g/mol. The molecule has 0 aromatic rings. The molecule has 0 unspecified atom stereocenters. The van der Waals surface area contributed by atoms with E-state index in [4.69, 9.17) is 5.11 Å². The Bertz CT molecular complexity index is 221. The van der Waals surface area contributed by atoms with E-state index >= 15 is 0 Å². The van der Waals surface area contributed by atoms with E-state index in [0.717, 1.165) is 12.8 Å². The molecule has 0 amide bonds. The smallest absolute Gasteiger partial charge is 0.303 e. The van der Waals surface area contributed by atoms with E-state index in [0.29, 0.717) is 6.42 Å². The van der Waals surface area contributed by atoms with Crippen LogP contribution in [0, 0.1) is 0 Å². The number of carboxylic acids is 1. The maximum atomic E-state index is 10.3. The van der Waals surface area contributed by atoms with Gasteiger partial charge >= 0.3 is 5.97 Å². The van der Waals surface area contributed by atoms with Crippen LogP contribution in [0.15, 0.2) is 0 Å². The minimum Gasteiger partial charge on any atom is -0.481 e. The molecule has 0 saturated heterocycles. The van der Waals surface area contributed by atoms with Crippen molar-refractivity contribution in [3.8, 4) is 0 Å². The molecule has 2 nitrogen and oxygen atoms in total. The molecule has 140 valence electrons. The van der Waals surface area contributed by atoms with Gasteiger partial charge in [-0.05, 0) is 6.42 Å². The maximum absolute atomic E-state index is 10.3. The molecule has 0 spiro atoms. The van der Waals surface area contributed by atoms with Gasteiger partial charge in [-0.15, -0.1) is 0 Å². The Hall–Kier alpha value is 1.76. The molecule has 0 saturated carbocycles. The third kappa shape index (κ3) is 35.0. The number of unbranched alkanes of at least 4 members (excludes halogenated alkanes) is 14. The van der Waals surface area contributed by atoms with Crippen LogP contribution in [0.1, 0.15) is 110 Å². The van der Waals surface area contributed by atoms with Gasteiger partial charge in [-0.2, -0.15) is 0 Å². The van der Waals surface area contributed by atoms with Crippen LogP contribution >= 0.6 is 0 Å². The molecule has 6 heteroatoms. The van der Waals surface area contributed by atoms with Gasteiger partial charge in [0.2, 0.25) is 0 Å². The molecule has 0 bridgehead atoms. The van der Waals surface area contributed by atoms with Crippen LogP contribution in [-0.2, 0) is 77.9 Å². The number of hydrogen-bond donors (Lipinski definition) is 1. The zero-order chi connectivity index (χ0) is 14.9. The first-order chi connectivity index (χ1) is 9.77. The summed E-state index contributed by atoms with van der Waals surface area (Å²) >= 11 is 0. The Balaban J connectivity index is -0.000000301. The van der Waals surface area contributed by atoms with Crippen molar-refractivity contribution in [3.63, 3.8) is 0 Å². The van der Waals surface area contributed by atoms with Gasteiger partial charge in [0, 0.05) is 79.5 Å². The molecule has 0 aromatic heterocycles. The van der Waals surface area contributed by atoms with Gasteiger partial charge in [0.15, 0.2) is 0 Å². The zero-order valence-corrected chi connectivity index (χ0v) is 23.9. The standard InChI is InChI=1S/C18H36O2.2Fe.2Zn/c1-2-3-4-5-6-7-8-9-10-11-12-13-14-15-16-17-18(19)20;;;;/h2-17H2,1H3,(H,19,20);;;;. The van der Waals surface area contributed by atoms with Crippen molar-refractivity contribution >= 4 is 5.97 Å². The van der Waals surface area contributed by atoms with Gasteiger partial charge in [0.1, 0.15) is 0 Å². The van der Waals surface area contributed by atoms with Crippen LogP contribution in [-0.4, -0.2) is 11.1 Å². The maximum Gasteiger partial charge on any atom is 0.303 e. The molecular weight excluding hydrogens is 491 g/mol. The van der Waals surface area contributed by atoms with Crippen LogP contribution in [0.3, 0.4) is 0 Å². The predicted octanol–water partition coefficient (Wildman–Crippen LogP) is 6.32. The van der Waals surface area contributed by atoms with Gasteiger partial charge in [0.05, 0.1) is 0 Å². The van der Waals surface area contributed by atoms with Gasteiger partial charge in [-0.1, -0.05) is 96.8 Å². The molecule has 0 aromatic carbocycles. The summed E-state index contributed by atoms with van der Waals surface area (Å²) in [6.45, 7) is 2.27. The van der Waals surface area contributed by atoms with Crippen molar-refractivity contribution in [1.82, 2.24) is 0 Å². The van der Waals surface area contributed by atoms with Crippen molar-refractivity contribution < 1.29 is 83.0 Å². The molecule has 0 radical (unpaired) electrons. The van der Waals surface area contributed by atoms with Gasteiger partial charge in [-0.3, -0.25) is 4.79 Å². The molecule has 0 fully saturated rings. The molecule has 0 rings (SSSR count). The van der Waals surface area contributed by atoms with E-state index in [-0.39, 0.29) is 73.1 Å². The second-order valence-electron chi connectivity index (χ2n) is 6.09. The number of hydrogen-bond acceptors (Lipinski definition) is 1. The van der Waals surface area contributed by atoms with E-state index < -0.39 is 5.97 Å². The number of rotatable bonds is 16. The summed E-state index contributed by atoms with van der Waals surface area (Å²) in [5, 5.41) is 8.52. The Morgan fingerprint density at radius 1 is 0.583 bits per heavy atom. The summed E-state index contributed by atoms with van der Waals surface area (Å²) in [6.07, 6.45) is 20.2. The van der Waals surface area contributed by atoms with Crippen molar-refractivity contribution in [1.29, 1.82) is 0 Å². The fourth-order valence-electron chi connectivity index (χ4n) is 2.65. The number of carbonyl (C=O) groups is 1. The molecule has 1 N–H and O–H groups in total. The first kappa shape index (κ1) is 36.6. The van der Waals surface area contributed by atoms with Gasteiger partial charge in [0.25, 0.3) is 0 Å². The zero-order valence-electron chi connectivity index (χ0n) is 15.8. The van der Waals surface area contributed by atoms with E-state index in [2.05, 4.69) is 6.92 Å². The average molecular weight is 527 g/mol. The van der Waals surface area contributed by atoms with E-state index in [9.17, 15) is 4.79 Å². The molecule has 0 heterocycles. The SMILES string of the molecule is CCCCCCCCCCCCCCCCCC(=O)O.[Fe].[Fe].[Zn].[Zn]. The van der Waals surface area contributed by atoms with Gasteiger partial charge in [-0.25, -0.2) is 0 Å². The third-order valence-corrected chi connectivity index (χ3v) is 3.99. The normalized spacial score (nSPS) is 9.04. The number of carboxylic acid groups (broad SMARTS) is 1. The fourth-order valence-corrected chi connectivity index (χ4v) is 2.65. The summed E-state index contributed by atoms with van der Waals surface area (Å²) < 4.78 is 0. The molecule has 24 heavy (non-hydrogen) atoms. The predicted molar refractivity (Wildman–Crippen MR) is 87.2 cm³/mol. The molecule has 0 atom stereocenters. The summed E-state index contributed by atoms with van der Waals surface area (Å²) in [4.78, 5) is 10.3. The van der Waals surface area contributed by atoms with Crippen molar-refractivity contribution in [3.05, 3.63) is 0 Å². The Morgan fingerprint density at radius 3 is 1.08 bits per heavy atom. The van der Waals surface area contributed by atoms with Crippen molar-refractivity contribution in [2.45, 2.75) is 110 Å². The average Bonchev–Trinajstić information content (AvgIpc) is 2.43. The second-order valence-corrected chi connectivity index (χ2v) is 6.09. The van der Waals surface area contributed by atoms with E-state index in [1.807, 2.05) is 0 Å².